The van der Waals surface area contributed by atoms with E-state index in [-0.39, 0.29) is 29.1 Å². The van der Waals surface area contributed by atoms with Crippen molar-refractivity contribution in [2.24, 2.45) is 17.1 Å². The van der Waals surface area contributed by atoms with Crippen molar-refractivity contribution < 1.29 is 9.59 Å². The lowest BCUT2D eigenvalue weighted by Gasteiger charge is -2.33. The largest absolute Gasteiger partial charge is 0.353 e. The molecule has 0 saturated carbocycles. The van der Waals surface area contributed by atoms with E-state index < -0.39 is 0 Å². The fraction of sp³-hybridized carbons (Fsp3) is 0.939. The van der Waals surface area contributed by atoms with E-state index in [9.17, 15) is 9.59 Å². The minimum Gasteiger partial charge on any atom is -0.353 e. The lowest BCUT2D eigenvalue weighted by Crippen LogP contribution is -2.46. The first-order chi connectivity index (χ1) is 19.0. The number of ketones is 1. The Morgan fingerprint density at radius 1 is 0.700 bits per heavy atom. The summed E-state index contributed by atoms with van der Waals surface area (Å²) in [7, 11) is 8.38. The highest BCUT2D eigenvalue weighted by Crippen LogP contribution is 2.25. The van der Waals surface area contributed by atoms with Crippen LogP contribution in [-0.2, 0) is 9.59 Å². The summed E-state index contributed by atoms with van der Waals surface area (Å²) >= 11 is 0. The maximum Gasteiger partial charge on any atom is 0.223 e. The second-order valence-corrected chi connectivity index (χ2v) is 13.6. The van der Waals surface area contributed by atoms with Gasteiger partial charge in [-0.3, -0.25) is 9.59 Å². The molecule has 0 aromatic heterocycles. The van der Waals surface area contributed by atoms with Crippen LogP contribution in [0.15, 0.2) is 0 Å². The monoisotopic (exact) mass is 568 g/mol. The number of nitrogens with two attached hydrogens (primary N) is 1. The molecule has 4 N–H and O–H groups in total. The van der Waals surface area contributed by atoms with Crippen LogP contribution in [0.4, 0.5) is 0 Å². The molecule has 7 nitrogen and oxygen atoms in total. The van der Waals surface area contributed by atoms with E-state index in [2.05, 4.69) is 69.4 Å². The molecule has 7 heteroatoms. The number of rotatable bonds is 27. The third kappa shape index (κ3) is 23.7. The summed E-state index contributed by atoms with van der Waals surface area (Å²) in [4.78, 5) is 30.8. The van der Waals surface area contributed by atoms with E-state index in [1.165, 1.54) is 32.1 Å². The number of hydrogen-bond acceptors (Lipinski definition) is 6. The Morgan fingerprint density at radius 2 is 1.23 bits per heavy atom. The van der Waals surface area contributed by atoms with Gasteiger partial charge < -0.3 is 26.2 Å². The Kier molecular flexibility index (Phi) is 23.9. The lowest BCUT2D eigenvalue weighted by molar-refractivity contribution is -0.131. The molecule has 2 atom stereocenters. The van der Waals surface area contributed by atoms with Crippen molar-refractivity contribution in [3.05, 3.63) is 0 Å². The molecule has 0 spiro atoms. The molecule has 0 fully saturated rings. The van der Waals surface area contributed by atoms with Crippen LogP contribution in [-0.4, -0.2) is 88.4 Å². The average molecular weight is 568 g/mol. The topological polar surface area (TPSA) is 90.7 Å². The number of amides is 1. The third-order valence-corrected chi connectivity index (χ3v) is 7.83. The molecule has 0 aliphatic heterocycles. The molecule has 2 unspecified atom stereocenters. The SMILES string of the molecule is CN(C)CCCCC(CC(=O)CCCCCCCCCNCCCN)C(=O)NC(CCCCN(C)C)C(C)(C)C. The number of nitrogens with one attached hydrogen (secondary N) is 2. The molecule has 0 saturated heterocycles. The Labute approximate surface area is 249 Å². The van der Waals surface area contributed by atoms with Crippen LogP contribution >= 0.6 is 0 Å². The molecule has 0 aromatic rings. The van der Waals surface area contributed by atoms with Gasteiger partial charge in [0.25, 0.3) is 0 Å². The number of unbranched alkanes of at least 4 members (excludes halogenated alkanes) is 8. The van der Waals surface area contributed by atoms with Gasteiger partial charge in [0.1, 0.15) is 5.78 Å². The molecule has 40 heavy (non-hydrogen) atoms. The van der Waals surface area contributed by atoms with Crippen LogP contribution < -0.4 is 16.4 Å². The zero-order chi connectivity index (χ0) is 30.2. The molecule has 238 valence electrons. The number of nitrogens with zero attached hydrogens (tertiary/aromatic N) is 2. The molecule has 0 heterocycles. The van der Waals surface area contributed by atoms with Crippen LogP contribution in [0.1, 0.15) is 124 Å². The van der Waals surface area contributed by atoms with Gasteiger partial charge in [-0.2, -0.15) is 0 Å². The first-order valence-electron chi connectivity index (χ1n) is 16.5. The van der Waals surface area contributed by atoms with Gasteiger partial charge in [0.15, 0.2) is 0 Å². The van der Waals surface area contributed by atoms with Gasteiger partial charge in [-0.25, -0.2) is 0 Å². The van der Waals surface area contributed by atoms with E-state index in [1.807, 2.05) is 0 Å². The van der Waals surface area contributed by atoms with Crippen molar-refractivity contribution in [1.29, 1.82) is 0 Å². The Bertz CT molecular complexity index is 618. The molecule has 0 aliphatic carbocycles. The van der Waals surface area contributed by atoms with E-state index in [4.69, 9.17) is 5.73 Å². The van der Waals surface area contributed by atoms with Crippen molar-refractivity contribution in [3.8, 4) is 0 Å². The normalized spacial score (nSPS) is 13.7. The third-order valence-electron chi connectivity index (χ3n) is 7.83. The number of carbonyl (C=O) groups is 2. The average Bonchev–Trinajstić information content (AvgIpc) is 2.87. The highest BCUT2D eigenvalue weighted by molar-refractivity contribution is 5.87. The van der Waals surface area contributed by atoms with Crippen molar-refractivity contribution in [3.63, 3.8) is 0 Å². The molecule has 0 aliphatic rings. The van der Waals surface area contributed by atoms with Gasteiger partial charge in [0, 0.05) is 24.8 Å². The standard InChI is InChI=1S/C33H69N5O2/c1-33(2,3)31(22-15-18-27-38(6)7)36-32(40)29(20-14-17-26-37(4)5)28-30(39)21-13-11-9-8-10-12-16-24-35-25-19-23-34/h29,31,35H,8-28,34H2,1-7H3,(H,36,40). The summed E-state index contributed by atoms with van der Waals surface area (Å²) in [5.74, 6) is 0.137. The van der Waals surface area contributed by atoms with Crippen LogP contribution in [0.2, 0.25) is 0 Å². The molecular formula is C33H69N5O2. The maximum atomic E-state index is 13.5. The molecule has 0 rings (SSSR count). The first kappa shape index (κ1) is 39.0. The second-order valence-electron chi connectivity index (χ2n) is 13.6. The number of Topliss-reactive ketones (excluding diaryl/α,β-unsaturated/α-hetero) is 1. The summed E-state index contributed by atoms with van der Waals surface area (Å²) in [6.45, 7) is 11.6. The van der Waals surface area contributed by atoms with Crippen LogP contribution in [0.3, 0.4) is 0 Å². The van der Waals surface area contributed by atoms with E-state index in [0.29, 0.717) is 12.8 Å². The molecule has 0 radical (unpaired) electrons. The van der Waals surface area contributed by atoms with E-state index in [1.54, 1.807) is 0 Å². The Hall–Kier alpha value is -1.02. The quantitative estimate of drug-likeness (QED) is 0.112. The van der Waals surface area contributed by atoms with E-state index in [0.717, 1.165) is 90.5 Å². The van der Waals surface area contributed by atoms with Crippen LogP contribution in [0.5, 0.6) is 0 Å². The lowest BCUT2D eigenvalue weighted by atomic mass is 9.83. The van der Waals surface area contributed by atoms with Gasteiger partial charge in [-0.15, -0.1) is 0 Å². The fourth-order valence-electron chi connectivity index (χ4n) is 5.12. The fourth-order valence-corrected chi connectivity index (χ4v) is 5.12. The molecular weight excluding hydrogens is 498 g/mol. The Balaban J connectivity index is 4.59. The molecule has 0 bridgehead atoms. The Morgan fingerprint density at radius 3 is 1.77 bits per heavy atom. The summed E-state index contributed by atoms with van der Waals surface area (Å²) in [5.41, 5.74) is 5.51. The summed E-state index contributed by atoms with van der Waals surface area (Å²) in [5, 5.41) is 6.83. The predicted molar refractivity (Wildman–Crippen MR) is 173 cm³/mol. The van der Waals surface area contributed by atoms with Gasteiger partial charge >= 0.3 is 0 Å². The zero-order valence-electron chi connectivity index (χ0n) is 27.8. The number of hydrogen-bond donors (Lipinski definition) is 3. The highest BCUT2D eigenvalue weighted by Gasteiger charge is 2.29. The van der Waals surface area contributed by atoms with Crippen molar-refractivity contribution in [1.82, 2.24) is 20.4 Å². The summed E-state index contributed by atoms with van der Waals surface area (Å²) < 4.78 is 0. The summed E-state index contributed by atoms with van der Waals surface area (Å²) in [6, 6.07) is 0.128. The predicted octanol–water partition coefficient (Wildman–Crippen LogP) is 5.62. The second kappa shape index (κ2) is 24.6. The van der Waals surface area contributed by atoms with Crippen molar-refractivity contribution in [2.45, 2.75) is 130 Å². The van der Waals surface area contributed by atoms with Crippen LogP contribution in [0, 0.1) is 11.3 Å². The van der Waals surface area contributed by atoms with Gasteiger partial charge in [-0.05, 0) is 111 Å². The highest BCUT2D eigenvalue weighted by atomic mass is 16.2. The minimum absolute atomic E-state index is 0.00570. The van der Waals surface area contributed by atoms with Crippen molar-refractivity contribution >= 4 is 11.7 Å². The number of carbonyl (C=O) groups excluding carboxylic acids is 2. The van der Waals surface area contributed by atoms with Gasteiger partial charge in [0.2, 0.25) is 5.91 Å². The van der Waals surface area contributed by atoms with E-state index >= 15 is 0 Å². The van der Waals surface area contributed by atoms with Gasteiger partial charge in [-0.1, -0.05) is 65.7 Å². The van der Waals surface area contributed by atoms with Gasteiger partial charge in [0.05, 0.1) is 0 Å². The maximum absolute atomic E-state index is 13.5. The first-order valence-corrected chi connectivity index (χ1v) is 16.5. The summed E-state index contributed by atoms with van der Waals surface area (Å²) in [6.07, 6.45) is 16.4. The minimum atomic E-state index is -0.209. The smallest absolute Gasteiger partial charge is 0.223 e. The van der Waals surface area contributed by atoms with Crippen molar-refractivity contribution in [2.75, 3.05) is 60.9 Å². The molecule has 0 aromatic carbocycles. The van der Waals surface area contributed by atoms with Crippen LogP contribution in [0.25, 0.3) is 0 Å². The molecule has 1 amide bonds. The zero-order valence-corrected chi connectivity index (χ0v) is 27.8.